The lowest BCUT2D eigenvalue weighted by molar-refractivity contribution is 0.144. The van der Waals surface area contributed by atoms with Gasteiger partial charge in [-0.25, -0.2) is 0 Å². The van der Waals surface area contributed by atoms with Crippen LogP contribution in [0.15, 0.2) is 0 Å². The molecule has 1 fully saturated rings. The highest BCUT2D eigenvalue weighted by Gasteiger charge is 2.33. The minimum Gasteiger partial charge on any atom is -0.394 e. The normalized spacial score (nSPS) is 19.2. The zero-order valence-electron chi connectivity index (χ0n) is 12.4. The molecular formula is C15H31NOS. The van der Waals surface area contributed by atoms with E-state index >= 15 is 0 Å². The highest BCUT2D eigenvalue weighted by Crippen LogP contribution is 2.27. The van der Waals surface area contributed by atoms with Crippen molar-refractivity contribution in [3.8, 4) is 0 Å². The van der Waals surface area contributed by atoms with E-state index in [1.54, 1.807) is 0 Å². The summed E-state index contributed by atoms with van der Waals surface area (Å²) in [7, 11) is 0. The molecule has 2 N–H and O–H groups in total. The molecule has 1 rings (SSSR count). The van der Waals surface area contributed by atoms with Crippen LogP contribution in [0.5, 0.6) is 0 Å². The first-order valence-electron chi connectivity index (χ1n) is 7.58. The Morgan fingerprint density at radius 3 is 2.56 bits per heavy atom. The second-order valence-corrected chi connectivity index (χ2v) is 7.33. The molecule has 0 aromatic carbocycles. The van der Waals surface area contributed by atoms with Gasteiger partial charge in [-0.1, -0.05) is 20.8 Å². The predicted octanol–water partition coefficient (Wildman–Crippen LogP) is 3.44. The molecule has 1 saturated carbocycles. The van der Waals surface area contributed by atoms with Crippen molar-refractivity contribution in [2.45, 2.75) is 70.9 Å². The van der Waals surface area contributed by atoms with Gasteiger partial charge >= 0.3 is 0 Å². The molecule has 1 aliphatic carbocycles. The van der Waals surface area contributed by atoms with Crippen molar-refractivity contribution in [3.05, 3.63) is 0 Å². The third-order valence-electron chi connectivity index (χ3n) is 3.85. The molecule has 1 unspecified atom stereocenters. The monoisotopic (exact) mass is 273 g/mol. The summed E-state index contributed by atoms with van der Waals surface area (Å²) in [5.41, 5.74) is -0.000224. The van der Waals surface area contributed by atoms with Gasteiger partial charge in [0.25, 0.3) is 0 Å². The van der Waals surface area contributed by atoms with Crippen molar-refractivity contribution in [1.82, 2.24) is 5.32 Å². The Morgan fingerprint density at radius 2 is 2.06 bits per heavy atom. The van der Waals surface area contributed by atoms with Gasteiger partial charge in [0.15, 0.2) is 0 Å². The third kappa shape index (κ3) is 6.44. The van der Waals surface area contributed by atoms with E-state index < -0.39 is 0 Å². The first-order valence-corrected chi connectivity index (χ1v) is 8.73. The summed E-state index contributed by atoms with van der Waals surface area (Å²) in [6.45, 7) is 7.05. The van der Waals surface area contributed by atoms with E-state index in [1.165, 1.54) is 37.2 Å². The van der Waals surface area contributed by atoms with Crippen LogP contribution in [0.4, 0.5) is 0 Å². The van der Waals surface area contributed by atoms with Crippen molar-refractivity contribution < 1.29 is 5.11 Å². The fraction of sp³-hybridized carbons (Fsp3) is 1.00. The van der Waals surface area contributed by atoms with Crippen LogP contribution in [-0.4, -0.2) is 34.8 Å². The fourth-order valence-corrected chi connectivity index (χ4v) is 3.37. The van der Waals surface area contributed by atoms with Crippen LogP contribution in [0.25, 0.3) is 0 Å². The van der Waals surface area contributed by atoms with Crippen molar-refractivity contribution in [1.29, 1.82) is 0 Å². The molecule has 0 amide bonds. The van der Waals surface area contributed by atoms with Crippen LogP contribution >= 0.6 is 11.8 Å². The van der Waals surface area contributed by atoms with Crippen molar-refractivity contribution >= 4 is 11.8 Å². The van der Waals surface area contributed by atoms with E-state index in [0.29, 0.717) is 6.04 Å². The Balaban J connectivity index is 2.12. The van der Waals surface area contributed by atoms with Gasteiger partial charge < -0.3 is 10.4 Å². The van der Waals surface area contributed by atoms with Crippen molar-refractivity contribution in [2.24, 2.45) is 5.92 Å². The Hall–Kier alpha value is 0.270. The average molecular weight is 273 g/mol. The molecule has 0 aromatic rings. The van der Waals surface area contributed by atoms with Crippen LogP contribution in [0.3, 0.4) is 0 Å². The van der Waals surface area contributed by atoms with Crippen molar-refractivity contribution in [2.75, 3.05) is 18.1 Å². The number of nitrogens with one attached hydrogen (secondary N) is 1. The van der Waals surface area contributed by atoms with Crippen LogP contribution in [-0.2, 0) is 0 Å². The Labute approximate surface area is 117 Å². The highest BCUT2D eigenvalue weighted by molar-refractivity contribution is 7.99. The van der Waals surface area contributed by atoms with Gasteiger partial charge in [0, 0.05) is 11.6 Å². The molecule has 0 spiro atoms. The molecule has 0 aromatic heterocycles. The van der Waals surface area contributed by atoms with E-state index in [0.717, 1.165) is 18.8 Å². The number of hydrogen-bond acceptors (Lipinski definition) is 3. The lowest BCUT2D eigenvalue weighted by Gasteiger charge is -2.32. The second kappa shape index (κ2) is 8.44. The lowest BCUT2D eigenvalue weighted by atomic mass is 9.91. The second-order valence-electron chi connectivity index (χ2n) is 6.11. The largest absolute Gasteiger partial charge is 0.394 e. The van der Waals surface area contributed by atoms with Crippen LogP contribution in [0.1, 0.15) is 59.3 Å². The maximum Gasteiger partial charge on any atom is 0.0613 e. The number of aliphatic hydroxyl groups is 1. The quantitative estimate of drug-likeness (QED) is 0.566. The van der Waals surface area contributed by atoms with E-state index in [1.807, 2.05) is 0 Å². The SMILES string of the molecule is CCC(CO)(CCCSCCC(C)C)NC1CC1. The molecule has 18 heavy (non-hydrogen) atoms. The summed E-state index contributed by atoms with van der Waals surface area (Å²) < 4.78 is 0. The molecule has 0 radical (unpaired) electrons. The van der Waals surface area contributed by atoms with Gasteiger partial charge in [-0.15, -0.1) is 0 Å². The van der Waals surface area contributed by atoms with Gasteiger partial charge in [-0.3, -0.25) is 0 Å². The number of rotatable bonds is 11. The third-order valence-corrected chi connectivity index (χ3v) is 4.95. The van der Waals surface area contributed by atoms with E-state index in [9.17, 15) is 5.11 Å². The van der Waals surface area contributed by atoms with Crippen LogP contribution in [0.2, 0.25) is 0 Å². The smallest absolute Gasteiger partial charge is 0.0613 e. The number of hydrogen-bond donors (Lipinski definition) is 2. The van der Waals surface area contributed by atoms with Gasteiger partial charge in [0.1, 0.15) is 0 Å². The molecule has 0 saturated heterocycles. The first-order chi connectivity index (χ1) is 8.62. The first kappa shape index (κ1) is 16.3. The van der Waals surface area contributed by atoms with E-state index in [2.05, 4.69) is 37.8 Å². The fourth-order valence-electron chi connectivity index (χ4n) is 2.18. The maximum absolute atomic E-state index is 9.66. The summed E-state index contributed by atoms with van der Waals surface area (Å²) in [4.78, 5) is 0. The molecular weight excluding hydrogens is 242 g/mol. The minimum absolute atomic E-state index is 0.000224. The summed E-state index contributed by atoms with van der Waals surface area (Å²) in [6.07, 6.45) is 7.29. The molecule has 0 bridgehead atoms. The van der Waals surface area contributed by atoms with Gasteiger partial charge in [0.05, 0.1) is 6.61 Å². The van der Waals surface area contributed by atoms with E-state index in [-0.39, 0.29) is 12.1 Å². The van der Waals surface area contributed by atoms with Gasteiger partial charge in [-0.2, -0.15) is 11.8 Å². The zero-order valence-corrected chi connectivity index (χ0v) is 13.2. The molecule has 2 nitrogen and oxygen atoms in total. The summed E-state index contributed by atoms with van der Waals surface area (Å²) in [6, 6.07) is 0.686. The summed E-state index contributed by atoms with van der Waals surface area (Å²) >= 11 is 2.07. The maximum atomic E-state index is 9.66. The van der Waals surface area contributed by atoms with Crippen molar-refractivity contribution in [3.63, 3.8) is 0 Å². The molecule has 108 valence electrons. The molecule has 0 heterocycles. The van der Waals surface area contributed by atoms with Gasteiger partial charge in [-0.05, 0) is 55.9 Å². The van der Waals surface area contributed by atoms with Crippen LogP contribution in [0, 0.1) is 5.92 Å². The molecule has 1 aliphatic rings. The Kier molecular flexibility index (Phi) is 7.66. The van der Waals surface area contributed by atoms with E-state index in [4.69, 9.17) is 0 Å². The van der Waals surface area contributed by atoms with Gasteiger partial charge in [0.2, 0.25) is 0 Å². The Morgan fingerprint density at radius 1 is 1.33 bits per heavy atom. The topological polar surface area (TPSA) is 32.3 Å². The highest BCUT2D eigenvalue weighted by atomic mass is 32.2. The molecule has 0 aliphatic heterocycles. The minimum atomic E-state index is -0.000224. The summed E-state index contributed by atoms with van der Waals surface area (Å²) in [5.74, 6) is 3.34. The van der Waals surface area contributed by atoms with Crippen LogP contribution < -0.4 is 5.32 Å². The number of thioether (sulfide) groups is 1. The lowest BCUT2D eigenvalue weighted by Crippen LogP contribution is -2.49. The summed E-state index contributed by atoms with van der Waals surface area (Å²) in [5, 5.41) is 13.3. The molecule has 1 atom stereocenters. The Bertz CT molecular complexity index is 213. The molecule has 3 heteroatoms. The zero-order chi connectivity index (χ0) is 13.4. The number of aliphatic hydroxyl groups excluding tert-OH is 1. The standard InChI is InChI=1S/C15H31NOS/c1-4-15(12-17,16-14-6-7-14)9-5-10-18-11-8-13(2)3/h13-14,16-17H,4-12H2,1-3H3. The predicted molar refractivity (Wildman–Crippen MR) is 82.3 cm³/mol. The average Bonchev–Trinajstić information content (AvgIpc) is 3.15.